The molecule has 124 valence electrons. The Hall–Kier alpha value is -3.08. The van der Waals surface area contributed by atoms with Gasteiger partial charge in [0.2, 0.25) is 0 Å². The summed E-state index contributed by atoms with van der Waals surface area (Å²) in [4.78, 5) is 18.0. The Morgan fingerprint density at radius 2 is 1.88 bits per heavy atom. The van der Waals surface area contributed by atoms with Gasteiger partial charge in [-0.2, -0.15) is 0 Å². The molecule has 0 aliphatic carbocycles. The van der Waals surface area contributed by atoms with Crippen LogP contribution in [0.2, 0.25) is 0 Å². The first-order valence-electron chi connectivity index (χ1n) is 8.39. The van der Waals surface area contributed by atoms with Crippen LogP contribution < -0.4 is 0 Å². The van der Waals surface area contributed by atoms with Crippen molar-refractivity contribution in [2.45, 2.75) is 26.3 Å². The van der Waals surface area contributed by atoms with E-state index < -0.39 is 0 Å². The van der Waals surface area contributed by atoms with E-state index in [1.165, 1.54) is 0 Å². The third-order valence-electron chi connectivity index (χ3n) is 4.14. The van der Waals surface area contributed by atoms with Crippen LogP contribution >= 0.6 is 0 Å². The van der Waals surface area contributed by atoms with Crippen molar-refractivity contribution in [1.29, 1.82) is 0 Å². The molecule has 1 aromatic carbocycles. The maximum atomic E-state index is 4.66. The second-order valence-electron chi connectivity index (χ2n) is 6.37. The highest BCUT2D eigenvalue weighted by molar-refractivity contribution is 5.78. The number of nitrogens with zero attached hydrogens (tertiary/aromatic N) is 5. The van der Waals surface area contributed by atoms with Crippen LogP contribution in [0.3, 0.4) is 0 Å². The minimum Gasteiger partial charge on any atom is -0.325 e. The lowest BCUT2D eigenvalue weighted by Crippen LogP contribution is -2.05. The number of hydrogen-bond donors (Lipinski definition) is 0. The maximum Gasteiger partial charge on any atom is 0.159 e. The lowest BCUT2D eigenvalue weighted by Gasteiger charge is -2.10. The van der Waals surface area contributed by atoms with Gasteiger partial charge in [0.25, 0.3) is 0 Å². The first-order chi connectivity index (χ1) is 12.2. The van der Waals surface area contributed by atoms with Crippen LogP contribution in [0, 0.1) is 0 Å². The van der Waals surface area contributed by atoms with Crippen molar-refractivity contribution in [2.75, 3.05) is 0 Å². The summed E-state index contributed by atoms with van der Waals surface area (Å²) in [5.74, 6) is 1.96. The second kappa shape index (κ2) is 6.43. The molecule has 0 atom stereocenters. The van der Waals surface area contributed by atoms with E-state index in [2.05, 4.69) is 50.5 Å². The third-order valence-corrected chi connectivity index (χ3v) is 4.14. The molecular formula is C20H19N5. The molecule has 4 aromatic rings. The molecule has 0 unspecified atom stereocenters. The van der Waals surface area contributed by atoms with Gasteiger partial charge in [-0.3, -0.25) is 4.98 Å². The highest BCUT2D eigenvalue weighted by Crippen LogP contribution is 2.19. The van der Waals surface area contributed by atoms with Gasteiger partial charge in [0.15, 0.2) is 5.82 Å². The van der Waals surface area contributed by atoms with Crippen LogP contribution in [0.5, 0.6) is 0 Å². The molecule has 0 fully saturated rings. The smallest absolute Gasteiger partial charge is 0.159 e. The zero-order chi connectivity index (χ0) is 17.2. The second-order valence-corrected chi connectivity index (χ2v) is 6.37. The largest absolute Gasteiger partial charge is 0.325 e. The zero-order valence-corrected chi connectivity index (χ0v) is 14.3. The molecular weight excluding hydrogens is 310 g/mol. The van der Waals surface area contributed by atoms with Gasteiger partial charge in [-0.05, 0) is 23.8 Å². The summed E-state index contributed by atoms with van der Waals surface area (Å²) in [6, 6.07) is 12.2. The number of para-hydroxylation sites is 1. The lowest BCUT2D eigenvalue weighted by atomic mass is 10.1. The minimum atomic E-state index is 0.285. The topological polar surface area (TPSA) is 56.5 Å². The quantitative estimate of drug-likeness (QED) is 0.566. The van der Waals surface area contributed by atoms with Gasteiger partial charge in [0, 0.05) is 36.1 Å². The minimum absolute atomic E-state index is 0.285. The van der Waals surface area contributed by atoms with Gasteiger partial charge >= 0.3 is 0 Å². The summed E-state index contributed by atoms with van der Waals surface area (Å²) >= 11 is 0. The molecule has 3 heterocycles. The zero-order valence-electron chi connectivity index (χ0n) is 14.3. The first kappa shape index (κ1) is 15.4. The lowest BCUT2D eigenvalue weighted by molar-refractivity contribution is 0.764. The van der Waals surface area contributed by atoms with E-state index >= 15 is 0 Å². The summed E-state index contributed by atoms with van der Waals surface area (Å²) in [5.41, 5.74) is 2.99. The Morgan fingerprint density at radius 3 is 2.76 bits per heavy atom. The average molecular weight is 329 g/mol. The Bertz CT molecular complexity index is 1020. The SMILES string of the molecule is CC(C)c1nccc(-c2nccn2Cc2cnc3ccccc3c2)n1. The van der Waals surface area contributed by atoms with E-state index in [0.29, 0.717) is 6.54 Å². The van der Waals surface area contributed by atoms with Crippen LogP contribution in [-0.4, -0.2) is 24.5 Å². The fraction of sp³-hybridized carbons (Fsp3) is 0.200. The molecule has 0 bridgehead atoms. The predicted octanol–water partition coefficient (Wildman–Crippen LogP) is 4.06. The third kappa shape index (κ3) is 3.13. The van der Waals surface area contributed by atoms with Crippen molar-refractivity contribution >= 4 is 10.9 Å². The van der Waals surface area contributed by atoms with Crippen LogP contribution in [0.1, 0.15) is 31.2 Å². The van der Waals surface area contributed by atoms with E-state index in [9.17, 15) is 0 Å². The normalized spacial score (nSPS) is 11.3. The van der Waals surface area contributed by atoms with Crippen molar-refractivity contribution in [3.8, 4) is 11.5 Å². The number of benzene rings is 1. The summed E-state index contributed by atoms with van der Waals surface area (Å²) < 4.78 is 2.10. The van der Waals surface area contributed by atoms with E-state index in [0.717, 1.165) is 33.8 Å². The van der Waals surface area contributed by atoms with E-state index in [1.54, 1.807) is 12.4 Å². The molecule has 0 aliphatic heterocycles. The van der Waals surface area contributed by atoms with Crippen molar-refractivity contribution < 1.29 is 0 Å². The molecule has 0 N–H and O–H groups in total. The van der Waals surface area contributed by atoms with Crippen LogP contribution in [0.25, 0.3) is 22.4 Å². The summed E-state index contributed by atoms with van der Waals surface area (Å²) in [7, 11) is 0. The molecule has 0 aliphatic rings. The Kier molecular flexibility index (Phi) is 3.98. The fourth-order valence-corrected chi connectivity index (χ4v) is 2.85. The molecule has 5 nitrogen and oxygen atoms in total. The highest BCUT2D eigenvalue weighted by Gasteiger charge is 2.11. The van der Waals surface area contributed by atoms with Crippen molar-refractivity contribution in [3.63, 3.8) is 0 Å². The molecule has 4 rings (SSSR count). The molecule has 0 radical (unpaired) electrons. The number of aromatic nitrogens is 5. The van der Waals surface area contributed by atoms with Crippen LogP contribution in [0.15, 0.2) is 61.2 Å². The van der Waals surface area contributed by atoms with Gasteiger partial charge in [-0.1, -0.05) is 32.0 Å². The molecule has 3 aromatic heterocycles. The maximum absolute atomic E-state index is 4.66. The molecule has 0 amide bonds. The van der Waals surface area contributed by atoms with Crippen molar-refractivity contribution in [1.82, 2.24) is 24.5 Å². The van der Waals surface area contributed by atoms with Gasteiger partial charge in [-0.15, -0.1) is 0 Å². The van der Waals surface area contributed by atoms with E-state index in [-0.39, 0.29) is 5.92 Å². The standard InChI is InChI=1S/C20H19N5/c1-14(2)19-21-8-7-18(24-19)20-22-9-10-25(20)13-15-11-16-5-3-4-6-17(16)23-12-15/h3-12,14H,13H2,1-2H3. The monoisotopic (exact) mass is 329 g/mol. The van der Waals surface area contributed by atoms with E-state index in [1.807, 2.05) is 36.7 Å². The van der Waals surface area contributed by atoms with Gasteiger partial charge in [0.1, 0.15) is 11.5 Å². The molecule has 0 saturated carbocycles. The van der Waals surface area contributed by atoms with Crippen molar-refractivity contribution in [2.24, 2.45) is 0 Å². The fourth-order valence-electron chi connectivity index (χ4n) is 2.85. The molecule has 25 heavy (non-hydrogen) atoms. The van der Waals surface area contributed by atoms with Crippen LogP contribution in [-0.2, 0) is 6.54 Å². The van der Waals surface area contributed by atoms with Gasteiger partial charge < -0.3 is 4.57 Å². The number of rotatable bonds is 4. The van der Waals surface area contributed by atoms with E-state index in [4.69, 9.17) is 0 Å². The Balaban J connectivity index is 1.68. The molecule has 0 saturated heterocycles. The predicted molar refractivity (Wildman–Crippen MR) is 98.2 cm³/mol. The Morgan fingerprint density at radius 1 is 1.00 bits per heavy atom. The number of pyridine rings is 1. The average Bonchev–Trinajstić information content (AvgIpc) is 3.10. The number of fused-ring (bicyclic) bond motifs is 1. The van der Waals surface area contributed by atoms with Gasteiger partial charge in [-0.25, -0.2) is 15.0 Å². The van der Waals surface area contributed by atoms with Crippen LogP contribution in [0.4, 0.5) is 0 Å². The van der Waals surface area contributed by atoms with Crippen molar-refractivity contribution in [3.05, 3.63) is 72.6 Å². The summed E-state index contributed by atoms with van der Waals surface area (Å²) in [5, 5.41) is 1.14. The Labute approximate surface area is 146 Å². The number of imidazole rings is 1. The molecule has 0 spiro atoms. The number of hydrogen-bond acceptors (Lipinski definition) is 4. The first-order valence-corrected chi connectivity index (χ1v) is 8.39. The van der Waals surface area contributed by atoms with Gasteiger partial charge in [0.05, 0.1) is 12.1 Å². The molecule has 5 heteroatoms. The summed E-state index contributed by atoms with van der Waals surface area (Å²) in [6.45, 7) is 4.88. The summed E-state index contributed by atoms with van der Waals surface area (Å²) in [6.07, 6.45) is 7.50. The highest BCUT2D eigenvalue weighted by atomic mass is 15.1.